The number of benzene rings is 1. The molecular weight excluding hydrogens is 342 g/mol. The van der Waals surface area contributed by atoms with Crippen molar-refractivity contribution in [1.29, 1.82) is 0 Å². The highest BCUT2D eigenvalue weighted by molar-refractivity contribution is 5.88. The van der Waals surface area contributed by atoms with E-state index in [0.29, 0.717) is 24.5 Å². The van der Waals surface area contributed by atoms with E-state index in [0.717, 1.165) is 30.4 Å². The Morgan fingerprint density at radius 2 is 1.56 bits per heavy atom. The second-order valence-electron chi connectivity index (χ2n) is 6.84. The number of methoxy groups -OCH3 is 1. The average Bonchev–Trinajstić information content (AvgIpc) is 2.67. The first-order valence-electron chi connectivity index (χ1n) is 10.2. The number of aromatic nitrogens is 1. The highest BCUT2D eigenvalue weighted by atomic mass is 16.5. The molecule has 0 amide bonds. The van der Waals surface area contributed by atoms with Crippen molar-refractivity contribution >= 4 is 10.9 Å². The van der Waals surface area contributed by atoms with Crippen LogP contribution in [0.25, 0.3) is 10.9 Å². The number of hydrogen-bond donors (Lipinski definition) is 1. The maximum atomic E-state index is 12.4. The molecule has 150 valence electrons. The van der Waals surface area contributed by atoms with Crippen LogP contribution < -0.4 is 19.8 Å². The fourth-order valence-electron chi connectivity index (χ4n) is 3.04. The molecule has 1 aromatic carbocycles. The molecule has 5 nitrogen and oxygen atoms in total. The summed E-state index contributed by atoms with van der Waals surface area (Å²) in [5, 5.41) is 0.815. The van der Waals surface area contributed by atoms with E-state index in [1.807, 2.05) is 18.2 Å². The van der Waals surface area contributed by atoms with Gasteiger partial charge in [0.1, 0.15) is 5.75 Å². The van der Waals surface area contributed by atoms with Crippen LogP contribution in [0.2, 0.25) is 0 Å². The molecule has 1 N–H and O–H groups in total. The molecule has 0 spiro atoms. The van der Waals surface area contributed by atoms with E-state index in [2.05, 4.69) is 18.8 Å². The van der Waals surface area contributed by atoms with E-state index in [9.17, 15) is 4.79 Å². The second-order valence-corrected chi connectivity index (χ2v) is 6.84. The molecule has 0 radical (unpaired) electrons. The Bertz CT molecular complexity index is 754. The van der Waals surface area contributed by atoms with Crippen LogP contribution in [0.15, 0.2) is 23.0 Å². The highest BCUT2D eigenvalue weighted by Crippen LogP contribution is 2.33. The van der Waals surface area contributed by atoms with Gasteiger partial charge in [-0.3, -0.25) is 4.79 Å². The van der Waals surface area contributed by atoms with E-state index in [1.54, 1.807) is 7.11 Å². The van der Waals surface area contributed by atoms with Crippen molar-refractivity contribution in [2.45, 2.75) is 65.2 Å². The van der Waals surface area contributed by atoms with Crippen LogP contribution in [0.3, 0.4) is 0 Å². The minimum atomic E-state index is -0.275. The van der Waals surface area contributed by atoms with Gasteiger partial charge in [0.05, 0.1) is 25.8 Å². The molecule has 0 atom stereocenters. The summed E-state index contributed by atoms with van der Waals surface area (Å²) in [5.74, 6) is 1.49. The molecule has 5 heteroatoms. The largest absolute Gasteiger partial charge is 0.494 e. The first-order valence-corrected chi connectivity index (χ1v) is 10.2. The zero-order valence-corrected chi connectivity index (χ0v) is 16.9. The molecule has 0 aliphatic carbocycles. The third kappa shape index (κ3) is 6.19. The Kier molecular flexibility index (Phi) is 9.02. The van der Waals surface area contributed by atoms with Crippen LogP contribution in [0.1, 0.15) is 65.2 Å². The number of aromatic amines is 1. The predicted octanol–water partition coefficient (Wildman–Crippen LogP) is 5.45. The van der Waals surface area contributed by atoms with Crippen molar-refractivity contribution in [2.75, 3.05) is 20.3 Å². The van der Waals surface area contributed by atoms with E-state index in [1.165, 1.54) is 32.1 Å². The van der Waals surface area contributed by atoms with Crippen LogP contribution in [0.5, 0.6) is 17.2 Å². The average molecular weight is 376 g/mol. The summed E-state index contributed by atoms with van der Waals surface area (Å²) in [4.78, 5) is 15.3. The van der Waals surface area contributed by atoms with Gasteiger partial charge >= 0.3 is 0 Å². The number of H-pyrrole nitrogens is 1. The quantitative estimate of drug-likeness (QED) is 0.473. The summed E-state index contributed by atoms with van der Waals surface area (Å²) < 4.78 is 17.0. The zero-order chi connectivity index (χ0) is 19.5. The third-order valence-electron chi connectivity index (χ3n) is 4.61. The van der Waals surface area contributed by atoms with Crippen molar-refractivity contribution in [3.63, 3.8) is 0 Å². The van der Waals surface area contributed by atoms with Gasteiger partial charge in [-0.1, -0.05) is 52.4 Å². The van der Waals surface area contributed by atoms with Crippen molar-refractivity contribution in [2.24, 2.45) is 0 Å². The maximum absolute atomic E-state index is 12.4. The SMILES string of the molecule is CCCCCCCCOc1ccc2c(OC)c(OCCCC)c(=O)[nH]c2c1. The number of ether oxygens (including phenoxy) is 3. The number of unbranched alkanes of at least 4 members (excludes halogenated alkanes) is 6. The molecule has 1 aromatic heterocycles. The van der Waals surface area contributed by atoms with Crippen LogP contribution >= 0.6 is 0 Å². The lowest BCUT2D eigenvalue weighted by molar-refractivity contribution is 0.285. The van der Waals surface area contributed by atoms with Crippen LogP contribution in [0, 0.1) is 0 Å². The minimum absolute atomic E-state index is 0.249. The van der Waals surface area contributed by atoms with Crippen LogP contribution in [0.4, 0.5) is 0 Å². The van der Waals surface area contributed by atoms with Gasteiger partial charge in [-0.15, -0.1) is 0 Å². The lowest BCUT2D eigenvalue weighted by Crippen LogP contribution is -2.14. The van der Waals surface area contributed by atoms with E-state index >= 15 is 0 Å². The molecule has 0 saturated carbocycles. The molecule has 0 bridgehead atoms. The van der Waals surface area contributed by atoms with E-state index in [4.69, 9.17) is 14.2 Å². The van der Waals surface area contributed by atoms with E-state index < -0.39 is 0 Å². The Balaban J connectivity index is 2.04. The fraction of sp³-hybridized carbons (Fsp3) is 0.591. The molecular formula is C22H33NO4. The van der Waals surface area contributed by atoms with Gasteiger partial charge in [-0.2, -0.15) is 0 Å². The van der Waals surface area contributed by atoms with Gasteiger partial charge < -0.3 is 19.2 Å². The minimum Gasteiger partial charge on any atom is -0.494 e. The van der Waals surface area contributed by atoms with Gasteiger partial charge in [0.25, 0.3) is 5.56 Å². The highest BCUT2D eigenvalue weighted by Gasteiger charge is 2.15. The molecule has 0 aliphatic rings. The standard InChI is InChI=1S/C22H33NO4/c1-4-6-8-9-10-11-15-26-17-12-13-18-19(16-17)23-22(24)21(20(18)25-3)27-14-7-5-2/h12-13,16H,4-11,14-15H2,1-3H3,(H,23,24). The molecule has 1 heterocycles. The molecule has 2 aromatic rings. The van der Waals surface area contributed by atoms with Gasteiger partial charge in [0.15, 0.2) is 5.75 Å². The molecule has 2 rings (SSSR count). The van der Waals surface area contributed by atoms with Crippen LogP contribution in [-0.4, -0.2) is 25.3 Å². The number of hydrogen-bond acceptors (Lipinski definition) is 4. The number of nitrogens with one attached hydrogen (secondary N) is 1. The Hall–Kier alpha value is -2.17. The van der Waals surface area contributed by atoms with Crippen LogP contribution in [-0.2, 0) is 0 Å². The second kappa shape index (κ2) is 11.5. The first kappa shape index (κ1) is 21.1. The van der Waals surface area contributed by atoms with Gasteiger partial charge in [-0.25, -0.2) is 0 Å². The Labute approximate surface area is 162 Å². The van der Waals surface area contributed by atoms with Crippen molar-refractivity contribution in [1.82, 2.24) is 4.98 Å². The smallest absolute Gasteiger partial charge is 0.294 e. The summed E-state index contributed by atoms with van der Waals surface area (Å²) in [5.41, 5.74) is 0.420. The molecule has 0 saturated heterocycles. The lowest BCUT2D eigenvalue weighted by atomic mass is 10.1. The third-order valence-corrected chi connectivity index (χ3v) is 4.61. The fourth-order valence-corrected chi connectivity index (χ4v) is 3.04. The predicted molar refractivity (Wildman–Crippen MR) is 110 cm³/mol. The van der Waals surface area contributed by atoms with Gasteiger partial charge in [0.2, 0.25) is 5.75 Å². The van der Waals surface area contributed by atoms with Gasteiger partial charge in [0, 0.05) is 11.5 Å². The molecule has 0 aliphatic heterocycles. The van der Waals surface area contributed by atoms with Crippen molar-refractivity contribution in [3.8, 4) is 17.2 Å². The molecule has 27 heavy (non-hydrogen) atoms. The van der Waals surface area contributed by atoms with Crippen molar-refractivity contribution in [3.05, 3.63) is 28.6 Å². The first-order chi connectivity index (χ1) is 13.2. The van der Waals surface area contributed by atoms with E-state index in [-0.39, 0.29) is 11.3 Å². The van der Waals surface area contributed by atoms with Gasteiger partial charge in [-0.05, 0) is 25.0 Å². The molecule has 0 unspecified atom stereocenters. The number of rotatable bonds is 13. The summed E-state index contributed by atoms with van der Waals surface area (Å²) in [6.07, 6.45) is 9.28. The topological polar surface area (TPSA) is 60.6 Å². The normalized spacial score (nSPS) is 10.9. The Morgan fingerprint density at radius 3 is 2.30 bits per heavy atom. The number of fused-ring (bicyclic) bond motifs is 1. The monoisotopic (exact) mass is 375 g/mol. The molecule has 0 fully saturated rings. The Morgan fingerprint density at radius 1 is 0.852 bits per heavy atom. The van der Waals surface area contributed by atoms with Crippen molar-refractivity contribution < 1.29 is 14.2 Å². The maximum Gasteiger partial charge on any atom is 0.294 e. The lowest BCUT2D eigenvalue weighted by Gasteiger charge is -2.13. The number of pyridine rings is 1. The zero-order valence-electron chi connectivity index (χ0n) is 16.9. The summed E-state index contributed by atoms with van der Waals surface area (Å²) in [6, 6.07) is 5.68. The summed E-state index contributed by atoms with van der Waals surface area (Å²) >= 11 is 0. The summed E-state index contributed by atoms with van der Waals surface area (Å²) in [7, 11) is 1.56. The summed E-state index contributed by atoms with van der Waals surface area (Å²) in [6.45, 7) is 5.50.